The molecule has 3 rings (SSSR count). The van der Waals surface area contributed by atoms with E-state index in [0.717, 1.165) is 0 Å². The van der Waals surface area contributed by atoms with Crippen molar-refractivity contribution in [3.8, 4) is 0 Å². The second-order valence-electron chi connectivity index (χ2n) is 3.67. The molecule has 2 aromatic rings. The lowest BCUT2D eigenvalue weighted by atomic mass is 10.1. The van der Waals surface area contributed by atoms with Crippen LogP contribution >= 0.6 is 0 Å². The van der Waals surface area contributed by atoms with Crippen molar-refractivity contribution in [2.24, 2.45) is 0 Å². The summed E-state index contributed by atoms with van der Waals surface area (Å²) in [5.74, 6) is 0. The predicted molar refractivity (Wildman–Crippen MR) is 57.2 cm³/mol. The van der Waals surface area contributed by atoms with Crippen molar-refractivity contribution >= 4 is 0 Å². The topological polar surface area (TPSA) is 25.4 Å². The summed E-state index contributed by atoms with van der Waals surface area (Å²) in [6.07, 6.45) is 4.06. The number of nitrogens with zero attached hydrogens (tertiary/aromatic N) is 1. The monoisotopic (exact) mass is 197 g/mol. The van der Waals surface area contributed by atoms with E-state index in [1.807, 2.05) is 30.3 Å². The molecule has 0 unspecified atom stereocenters. The molecule has 2 atom stereocenters. The standard InChI is InChI=1S/C13H11NO/c1-2-4-10(5-3-1)12-13(15-12)11-6-8-14-9-7-11/h1-9,12-13H/t12-,13+/m0/s1. The number of epoxide rings is 1. The number of rotatable bonds is 2. The molecule has 1 fully saturated rings. The van der Waals surface area contributed by atoms with Crippen LogP contribution in [0.2, 0.25) is 0 Å². The third kappa shape index (κ3) is 1.64. The van der Waals surface area contributed by atoms with E-state index in [2.05, 4.69) is 17.1 Å². The first-order valence-corrected chi connectivity index (χ1v) is 5.05. The van der Waals surface area contributed by atoms with Crippen molar-refractivity contribution in [3.63, 3.8) is 0 Å². The quantitative estimate of drug-likeness (QED) is 0.692. The van der Waals surface area contributed by atoms with Crippen LogP contribution < -0.4 is 0 Å². The van der Waals surface area contributed by atoms with E-state index in [1.165, 1.54) is 11.1 Å². The molecular weight excluding hydrogens is 186 g/mol. The Kier molecular flexibility index (Phi) is 2.00. The third-order valence-electron chi connectivity index (χ3n) is 2.65. The highest BCUT2D eigenvalue weighted by Crippen LogP contribution is 2.50. The summed E-state index contributed by atoms with van der Waals surface area (Å²) < 4.78 is 5.66. The first-order chi connectivity index (χ1) is 7.45. The summed E-state index contributed by atoms with van der Waals surface area (Å²) in [5, 5.41) is 0. The highest BCUT2D eigenvalue weighted by molar-refractivity contribution is 5.28. The third-order valence-corrected chi connectivity index (χ3v) is 2.65. The summed E-state index contributed by atoms with van der Waals surface area (Å²) in [7, 11) is 0. The second kappa shape index (κ2) is 3.48. The first-order valence-electron chi connectivity index (χ1n) is 5.05. The van der Waals surface area contributed by atoms with E-state index >= 15 is 0 Å². The summed E-state index contributed by atoms with van der Waals surface area (Å²) in [6, 6.07) is 14.3. The summed E-state index contributed by atoms with van der Waals surface area (Å²) in [5.41, 5.74) is 2.46. The summed E-state index contributed by atoms with van der Waals surface area (Å²) in [6.45, 7) is 0. The smallest absolute Gasteiger partial charge is 0.114 e. The molecule has 0 radical (unpaired) electrons. The molecule has 2 heterocycles. The van der Waals surface area contributed by atoms with E-state index in [4.69, 9.17) is 4.74 Å². The SMILES string of the molecule is c1ccc([C@@H]2O[C@@H]2c2ccncc2)cc1. The minimum atomic E-state index is 0.218. The summed E-state index contributed by atoms with van der Waals surface area (Å²) in [4.78, 5) is 4.00. The first kappa shape index (κ1) is 8.62. The molecule has 0 aliphatic carbocycles. The molecule has 0 saturated carbocycles. The molecular formula is C13H11NO. The van der Waals surface area contributed by atoms with Crippen LogP contribution in [0.5, 0.6) is 0 Å². The zero-order chi connectivity index (χ0) is 10.1. The van der Waals surface area contributed by atoms with Gasteiger partial charge in [-0.05, 0) is 23.3 Å². The van der Waals surface area contributed by atoms with E-state index in [-0.39, 0.29) is 12.2 Å². The average molecular weight is 197 g/mol. The molecule has 2 nitrogen and oxygen atoms in total. The minimum absolute atomic E-state index is 0.218. The van der Waals surface area contributed by atoms with Crippen molar-refractivity contribution in [2.45, 2.75) is 12.2 Å². The lowest BCUT2D eigenvalue weighted by Gasteiger charge is -1.95. The molecule has 74 valence electrons. The fourth-order valence-corrected chi connectivity index (χ4v) is 1.82. The molecule has 1 aromatic carbocycles. The van der Waals surface area contributed by atoms with E-state index < -0.39 is 0 Å². The van der Waals surface area contributed by atoms with Crippen molar-refractivity contribution < 1.29 is 4.74 Å². The van der Waals surface area contributed by atoms with Gasteiger partial charge in [-0.1, -0.05) is 30.3 Å². The molecule has 1 aliphatic heterocycles. The molecule has 1 aromatic heterocycles. The van der Waals surface area contributed by atoms with Gasteiger partial charge in [-0.3, -0.25) is 4.98 Å². The Bertz CT molecular complexity index is 397. The molecule has 15 heavy (non-hydrogen) atoms. The Morgan fingerprint density at radius 1 is 0.800 bits per heavy atom. The Hall–Kier alpha value is -1.67. The van der Waals surface area contributed by atoms with Gasteiger partial charge in [0.15, 0.2) is 0 Å². The van der Waals surface area contributed by atoms with Gasteiger partial charge >= 0.3 is 0 Å². The maximum atomic E-state index is 5.66. The molecule has 0 amide bonds. The van der Waals surface area contributed by atoms with Crippen molar-refractivity contribution in [3.05, 3.63) is 66.0 Å². The molecule has 0 N–H and O–H groups in total. The normalized spacial score (nSPS) is 23.7. The van der Waals surface area contributed by atoms with Gasteiger partial charge in [0.2, 0.25) is 0 Å². The Balaban J connectivity index is 1.81. The lowest BCUT2D eigenvalue weighted by molar-refractivity contribution is 0.377. The van der Waals surface area contributed by atoms with Crippen LogP contribution in [0.1, 0.15) is 23.3 Å². The highest BCUT2D eigenvalue weighted by atomic mass is 16.6. The summed E-state index contributed by atoms with van der Waals surface area (Å²) >= 11 is 0. The predicted octanol–water partition coefficient (Wildman–Crippen LogP) is 2.89. The van der Waals surface area contributed by atoms with Crippen LogP contribution in [0.4, 0.5) is 0 Å². The van der Waals surface area contributed by atoms with Crippen molar-refractivity contribution in [1.29, 1.82) is 0 Å². The molecule has 2 heteroatoms. The average Bonchev–Trinajstić information content (AvgIpc) is 3.11. The van der Waals surface area contributed by atoms with Gasteiger partial charge in [-0.25, -0.2) is 0 Å². The largest absolute Gasteiger partial charge is 0.359 e. The second-order valence-corrected chi connectivity index (χ2v) is 3.67. The van der Waals surface area contributed by atoms with Gasteiger partial charge in [0.05, 0.1) is 0 Å². The van der Waals surface area contributed by atoms with Crippen LogP contribution in [-0.2, 0) is 4.74 Å². The number of aromatic nitrogens is 1. The number of ether oxygens (including phenoxy) is 1. The molecule has 0 spiro atoms. The highest BCUT2D eigenvalue weighted by Gasteiger charge is 2.41. The zero-order valence-corrected chi connectivity index (χ0v) is 8.21. The Morgan fingerprint density at radius 3 is 2.07 bits per heavy atom. The molecule has 1 saturated heterocycles. The van der Waals surface area contributed by atoms with Crippen LogP contribution in [0.15, 0.2) is 54.9 Å². The van der Waals surface area contributed by atoms with Crippen LogP contribution in [0, 0.1) is 0 Å². The fourth-order valence-electron chi connectivity index (χ4n) is 1.82. The Labute approximate surface area is 88.5 Å². The minimum Gasteiger partial charge on any atom is -0.359 e. The van der Waals surface area contributed by atoms with Crippen LogP contribution in [-0.4, -0.2) is 4.98 Å². The fraction of sp³-hybridized carbons (Fsp3) is 0.154. The number of hydrogen-bond donors (Lipinski definition) is 0. The van der Waals surface area contributed by atoms with Crippen LogP contribution in [0.3, 0.4) is 0 Å². The van der Waals surface area contributed by atoms with Gasteiger partial charge in [-0.15, -0.1) is 0 Å². The van der Waals surface area contributed by atoms with E-state index in [9.17, 15) is 0 Å². The van der Waals surface area contributed by atoms with Gasteiger partial charge in [-0.2, -0.15) is 0 Å². The van der Waals surface area contributed by atoms with E-state index in [0.29, 0.717) is 0 Å². The van der Waals surface area contributed by atoms with Gasteiger partial charge in [0.1, 0.15) is 12.2 Å². The number of hydrogen-bond acceptors (Lipinski definition) is 2. The van der Waals surface area contributed by atoms with Crippen molar-refractivity contribution in [1.82, 2.24) is 4.98 Å². The van der Waals surface area contributed by atoms with Gasteiger partial charge < -0.3 is 4.74 Å². The van der Waals surface area contributed by atoms with Gasteiger partial charge in [0.25, 0.3) is 0 Å². The van der Waals surface area contributed by atoms with Crippen LogP contribution in [0.25, 0.3) is 0 Å². The number of pyridine rings is 1. The van der Waals surface area contributed by atoms with Gasteiger partial charge in [0, 0.05) is 12.4 Å². The van der Waals surface area contributed by atoms with Crippen molar-refractivity contribution in [2.75, 3.05) is 0 Å². The molecule has 0 bridgehead atoms. The lowest BCUT2D eigenvalue weighted by Crippen LogP contribution is -1.84. The zero-order valence-electron chi connectivity index (χ0n) is 8.21. The van der Waals surface area contributed by atoms with E-state index in [1.54, 1.807) is 12.4 Å². The molecule has 1 aliphatic rings. The maximum Gasteiger partial charge on any atom is 0.114 e. The maximum absolute atomic E-state index is 5.66. The Morgan fingerprint density at radius 2 is 1.40 bits per heavy atom. The number of benzene rings is 1.